The van der Waals surface area contributed by atoms with Gasteiger partial charge in [0, 0.05) is 10.6 Å². The summed E-state index contributed by atoms with van der Waals surface area (Å²) in [5, 5.41) is 3.03. The number of amides is 3. The van der Waals surface area contributed by atoms with Crippen molar-refractivity contribution in [1.29, 1.82) is 0 Å². The molecule has 1 saturated heterocycles. The minimum atomic E-state index is -0.539. The average Bonchev–Trinajstić information content (AvgIpc) is 2.89. The molecule has 1 fully saturated rings. The van der Waals surface area contributed by atoms with Crippen LogP contribution in [0.1, 0.15) is 19.4 Å². The van der Waals surface area contributed by atoms with E-state index in [0.717, 1.165) is 4.90 Å². The van der Waals surface area contributed by atoms with Crippen molar-refractivity contribution in [2.45, 2.75) is 20.0 Å². The Labute approximate surface area is 162 Å². The van der Waals surface area contributed by atoms with E-state index < -0.39 is 11.9 Å². The number of para-hydroxylation sites is 1. The third kappa shape index (κ3) is 3.90. The second-order valence-electron chi connectivity index (χ2n) is 6.15. The van der Waals surface area contributed by atoms with Crippen molar-refractivity contribution in [3.05, 3.63) is 58.7 Å². The summed E-state index contributed by atoms with van der Waals surface area (Å²) < 4.78 is 11.2. The van der Waals surface area contributed by atoms with Crippen molar-refractivity contribution in [3.63, 3.8) is 0 Å². The molecular formula is C20H19ClN2O4. The molecule has 6 nitrogen and oxygen atoms in total. The van der Waals surface area contributed by atoms with Gasteiger partial charge in [-0.1, -0.05) is 29.8 Å². The van der Waals surface area contributed by atoms with E-state index in [1.807, 2.05) is 13.8 Å². The average molecular weight is 387 g/mol. The second kappa shape index (κ2) is 7.72. The molecule has 0 unspecified atom stereocenters. The molecule has 1 aliphatic heterocycles. The van der Waals surface area contributed by atoms with Crippen molar-refractivity contribution in [2.75, 3.05) is 12.0 Å². The zero-order valence-corrected chi connectivity index (χ0v) is 15.9. The Kier molecular flexibility index (Phi) is 5.37. The van der Waals surface area contributed by atoms with Gasteiger partial charge < -0.3 is 14.8 Å². The van der Waals surface area contributed by atoms with E-state index >= 15 is 0 Å². The van der Waals surface area contributed by atoms with E-state index in [-0.39, 0.29) is 11.8 Å². The molecule has 1 aliphatic rings. The number of hydrogen-bond donors (Lipinski definition) is 1. The van der Waals surface area contributed by atoms with Crippen LogP contribution in [0.25, 0.3) is 6.08 Å². The SMILES string of the molecule is COc1cccc(C=C2NC(=O)N(c3cccc(Cl)c3)C2=O)c1OC(C)C. The number of rotatable bonds is 5. The van der Waals surface area contributed by atoms with Crippen LogP contribution in [0.5, 0.6) is 11.5 Å². The lowest BCUT2D eigenvalue weighted by atomic mass is 10.1. The van der Waals surface area contributed by atoms with Crippen molar-refractivity contribution in [3.8, 4) is 11.5 Å². The predicted molar refractivity (Wildman–Crippen MR) is 104 cm³/mol. The van der Waals surface area contributed by atoms with Crippen molar-refractivity contribution < 1.29 is 19.1 Å². The Hall–Kier alpha value is -2.99. The van der Waals surface area contributed by atoms with Gasteiger partial charge in [0.1, 0.15) is 5.70 Å². The molecule has 0 aliphatic carbocycles. The number of ether oxygens (including phenoxy) is 2. The zero-order valence-electron chi connectivity index (χ0n) is 15.2. The van der Waals surface area contributed by atoms with Gasteiger partial charge in [0.15, 0.2) is 11.5 Å². The number of nitrogens with one attached hydrogen (secondary N) is 1. The number of nitrogens with zero attached hydrogens (tertiary/aromatic N) is 1. The number of hydrogen-bond acceptors (Lipinski definition) is 4. The number of imide groups is 1. The summed E-state index contributed by atoms with van der Waals surface area (Å²) in [6.07, 6.45) is 1.49. The maximum atomic E-state index is 12.8. The Balaban J connectivity index is 1.99. The van der Waals surface area contributed by atoms with E-state index in [1.54, 1.807) is 55.7 Å². The monoisotopic (exact) mass is 386 g/mol. The summed E-state index contributed by atoms with van der Waals surface area (Å²) in [7, 11) is 1.54. The maximum Gasteiger partial charge on any atom is 0.333 e. The van der Waals surface area contributed by atoms with Crippen molar-refractivity contribution in [1.82, 2.24) is 5.32 Å². The molecule has 0 saturated carbocycles. The van der Waals surface area contributed by atoms with Crippen LogP contribution < -0.4 is 19.7 Å². The van der Waals surface area contributed by atoms with E-state index in [1.165, 1.54) is 0 Å². The Bertz CT molecular complexity index is 924. The molecule has 27 heavy (non-hydrogen) atoms. The lowest BCUT2D eigenvalue weighted by Gasteiger charge is -2.16. The second-order valence-corrected chi connectivity index (χ2v) is 6.59. The highest BCUT2D eigenvalue weighted by atomic mass is 35.5. The number of methoxy groups -OCH3 is 1. The fraction of sp³-hybridized carbons (Fsp3) is 0.200. The van der Waals surface area contributed by atoms with Gasteiger partial charge in [-0.2, -0.15) is 0 Å². The number of anilines is 1. The summed E-state index contributed by atoms with van der Waals surface area (Å²) in [5.41, 5.74) is 1.17. The third-order valence-electron chi connectivity index (χ3n) is 3.83. The first-order valence-corrected chi connectivity index (χ1v) is 8.75. The van der Waals surface area contributed by atoms with Crippen molar-refractivity contribution in [2.24, 2.45) is 0 Å². The highest BCUT2D eigenvalue weighted by molar-refractivity contribution is 6.32. The van der Waals surface area contributed by atoms with Crippen LogP contribution in [0.3, 0.4) is 0 Å². The Morgan fingerprint density at radius 1 is 1.15 bits per heavy atom. The fourth-order valence-corrected chi connectivity index (χ4v) is 2.89. The topological polar surface area (TPSA) is 67.9 Å². The lowest BCUT2D eigenvalue weighted by molar-refractivity contribution is -0.113. The highest BCUT2D eigenvalue weighted by Gasteiger charge is 2.35. The molecule has 3 amide bonds. The van der Waals surface area contributed by atoms with Crippen molar-refractivity contribution >= 4 is 35.3 Å². The van der Waals surface area contributed by atoms with Crippen LogP contribution in [-0.2, 0) is 4.79 Å². The summed E-state index contributed by atoms with van der Waals surface area (Å²) in [6, 6.07) is 11.4. The summed E-state index contributed by atoms with van der Waals surface area (Å²) in [4.78, 5) is 26.2. The van der Waals surface area contributed by atoms with E-state index in [2.05, 4.69) is 5.32 Å². The van der Waals surface area contributed by atoms with Crippen LogP contribution in [-0.4, -0.2) is 25.2 Å². The first-order chi connectivity index (χ1) is 12.9. The molecule has 1 heterocycles. The molecule has 2 aromatic carbocycles. The molecule has 0 radical (unpaired) electrons. The predicted octanol–water partition coefficient (Wildman–Crippen LogP) is 4.23. The van der Waals surface area contributed by atoms with Crippen LogP contribution in [0.2, 0.25) is 5.02 Å². The molecular weight excluding hydrogens is 368 g/mol. The summed E-state index contributed by atoms with van der Waals surface area (Å²) >= 11 is 5.97. The molecule has 0 atom stereocenters. The summed E-state index contributed by atoms with van der Waals surface area (Å²) in [5.74, 6) is 0.577. The third-order valence-corrected chi connectivity index (χ3v) is 4.06. The summed E-state index contributed by atoms with van der Waals surface area (Å²) in [6.45, 7) is 3.79. The van der Waals surface area contributed by atoms with Gasteiger partial charge in [-0.3, -0.25) is 4.79 Å². The molecule has 7 heteroatoms. The zero-order chi connectivity index (χ0) is 19.6. The van der Waals surface area contributed by atoms with E-state index in [0.29, 0.717) is 27.8 Å². The van der Waals surface area contributed by atoms with Gasteiger partial charge in [-0.15, -0.1) is 0 Å². The smallest absolute Gasteiger partial charge is 0.333 e. The molecule has 1 N–H and O–H groups in total. The van der Waals surface area contributed by atoms with Crippen LogP contribution >= 0.6 is 11.6 Å². The number of halogens is 1. The molecule has 0 bridgehead atoms. The largest absolute Gasteiger partial charge is 0.493 e. The van der Waals surface area contributed by atoms with Gasteiger partial charge in [0.2, 0.25) is 0 Å². The Morgan fingerprint density at radius 2 is 1.89 bits per heavy atom. The molecule has 0 aromatic heterocycles. The Morgan fingerprint density at radius 3 is 2.56 bits per heavy atom. The number of benzene rings is 2. The first-order valence-electron chi connectivity index (χ1n) is 8.37. The highest BCUT2D eigenvalue weighted by Crippen LogP contribution is 2.34. The first kappa shape index (κ1) is 18.8. The molecule has 2 aromatic rings. The van der Waals surface area contributed by atoms with Gasteiger partial charge in [-0.25, -0.2) is 9.69 Å². The normalized spacial score (nSPS) is 15.4. The molecule has 3 rings (SSSR count). The quantitative estimate of drug-likeness (QED) is 0.616. The lowest BCUT2D eigenvalue weighted by Crippen LogP contribution is -2.30. The van der Waals surface area contributed by atoms with E-state index in [9.17, 15) is 9.59 Å². The minimum absolute atomic E-state index is 0.0877. The standard InChI is InChI=1S/C20H19ClN2O4/c1-12(2)27-18-13(6-4-9-17(18)26-3)10-16-19(24)23(20(25)22-16)15-8-5-7-14(21)11-15/h4-12H,1-3H3,(H,22,25). The maximum absolute atomic E-state index is 12.8. The number of carbonyl (C=O) groups is 2. The van der Waals surface area contributed by atoms with Crippen LogP contribution in [0.15, 0.2) is 48.2 Å². The van der Waals surface area contributed by atoms with Gasteiger partial charge >= 0.3 is 6.03 Å². The minimum Gasteiger partial charge on any atom is -0.493 e. The van der Waals surface area contributed by atoms with Crippen LogP contribution in [0, 0.1) is 0 Å². The van der Waals surface area contributed by atoms with E-state index in [4.69, 9.17) is 21.1 Å². The van der Waals surface area contributed by atoms with Gasteiger partial charge in [0.05, 0.1) is 18.9 Å². The van der Waals surface area contributed by atoms with Gasteiger partial charge in [-0.05, 0) is 44.2 Å². The molecule has 140 valence electrons. The van der Waals surface area contributed by atoms with Crippen LogP contribution in [0.4, 0.5) is 10.5 Å². The van der Waals surface area contributed by atoms with Gasteiger partial charge in [0.25, 0.3) is 5.91 Å². The number of urea groups is 1. The molecule has 0 spiro atoms. The fourth-order valence-electron chi connectivity index (χ4n) is 2.71. The number of carbonyl (C=O) groups excluding carboxylic acids is 2.